The summed E-state index contributed by atoms with van der Waals surface area (Å²) in [5, 5.41) is 0. The van der Waals surface area contributed by atoms with E-state index >= 15 is 0 Å². The fourth-order valence-corrected chi connectivity index (χ4v) is 3.80. The van der Waals surface area contributed by atoms with Gasteiger partial charge in [-0.25, -0.2) is 8.42 Å². The van der Waals surface area contributed by atoms with Crippen molar-refractivity contribution in [3.05, 3.63) is 54.1 Å². The Hall–Kier alpha value is -2.22. The van der Waals surface area contributed by atoms with E-state index in [1.54, 1.807) is 13.8 Å². The quantitative estimate of drug-likeness (QED) is 0.758. The third kappa shape index (κ3) is 4.25. The van der Waals surface area contributed by atoms with Gasteiger partial charge < -0.3 is 4.74 Å². The lowest BCUT2D eigenvalue weighted by atomic mass is 10.2. The number of hydrogen-bond donors (Lipinski definition) is 0. The Labute approximate surface area is 144 Å². The molecule has 0 radical (unpaired) electrons. The SMILES string of the molecule is CCOc1ccc(S(=O)(=O)N(CC)c2cccc(C(F)(F)F)c2)cc1. The van der Waals surface area contributed by atoms with Crippen molar-refractivity contribution in [1.29, 1.82) is 0 Å². The third-order valence-electron chi connectivity index (χ3n) is 3.47. The Bertz CT molecular complexity index is 818. The van der Waals surface area contributed by atoms with E-state index in [0.717, 1.165) is 16.4 Å². The van der Waals surface area contributed by atoms with Crippen LogP contribution in [0.2, 0.25) is 0 Å². The number of hydrogen-bond acceptors (Lipinski definition) is 3. The number of anilines is 1. The standard InChI is InChI=1S/C17H18F3NO3S/c1-3-21(14-7-5-6-13(12-14)17(18,19)20)25(22,23)16-10-8-15(9-11-16)24-4-2/h5-12H,3-4H2,1-2H3. The fraction of sp³-hybridized carbons (Fsp3) is 0.294. The number of sulfonamides is 1. The summed E-state index contributed by atoms with van der Waals surface area (Å²) in [7, 11) is -3.99. The van der Waals surface area contributed by atoms with Gasteiger partial charge in [-0.3, -0.25) is 4.31 Å². The molecule has 4 nitrogen and oxygen atoms in total. The van der Waals surface area contributed by atoms with E-state index in [1.807, 2.05) is 0 Å². The Morgan fingerprint density at radius 2 is 1.68 bits per heavy atom. The van der Waals surface area contributed by atoms with Gasteiger partial charge in [0, 0.05) is 6.54 Å². The van der Waals surface area contributed by atoms with Gasteiger partial charge >= 0.3 is 6.18 Å². The predicted molar refractivity (Wildman–Crippen MR) is 89.3 cm³/mol. The molecule has 2 aromatic rings. The molecule has 0 bridgehead atoms. The fourth-order valence-electron chi connectivity index (χ4n) is 2.33. The van der Waals surface area contributed by atoms with Crippen LogP contribution in [-0.2, 0) is 16.2 Å². The number of benzene rings is 2. The van der Waals surface area contributed by atoms with Crippen LogP contribution in [-0.4, -0.2) is 21.6 Å². The van der Waals surface area contributed by atoms with Crippen LogP contribution in [0.5, 0.6) is 5.75 Å². The molecule has 0 aliphatic heterocycles. The van der Waals surface area contributed by atoms with Crippen LogP contribution in [0.15, 0.2) is 53.4 Å². The van der Waals surface area contributed by atoms with E-state index in [4.69, 9.17) is 4.74 Å². The van der Waals surface area contributed by atoms with Gasteiger partial charge in [0.25, 0.3) is 10.0 Å². The van der Waals surface area contributed by atoms with Gasteiger partial charge in [-0.05, 0) is 56.3 Å². The molecule has 8 heteroatoms. The molecule has 0 N–H and O–H groups in total. The van der Waals surface area contributed by atoms with Gasteiger partial charge in [0.1, 0.15) is 5.75 Å². The highest BCUT2D eigenvalue weighted by molar-refractivity contribution is 7.92. The van der Waals surface area contributed by atoms with Crippen molar-refractivity contribution in [2.24, 2.45) is 0 Å². The Kier molecular flexibility index (Phi) is 5.62. The smallest absolute Gasteiger partial charge is 0.416 e. The topological polar surface area (TPSA) is 46.6 Å². The van der Waals surface area contributed by atoms with Crippen molar-refractivity contribution < 1.29 is 26.3 Å². The van der Waals surface area contributed by atoms with E-state index in [0.29, 0.717) is 12.4 Å². The zero-order valence-electron chi connectivity index (χ0n) is 13.7. The maximum atomic E-state index is 12.9. The molecule has 2 aromatic carbocycles. The molecule has 0 aliphatic rings. The zero-order valence-corrected chi connectivity index (χ0v) is 14.6. The second kappa shape index (κ2) is 7.35. The summed E-state index contributed by atoms with van der Waals surface area (Å²) in [4.78, 5) is -0.0183. The van der Waals surface area contributed by atoms with E-state index in [-0.39, 0.29) is 17.1 Å². The summed E-state index contributed by atoms with van der Waals surface area (Å²) in [6.07, 6.45) is -4.54. The van der Waals surface area contributed by atoms with Crippen molar-refractivity contribution in [3.8, 4) is 5.75 Å². The minimum Gasteiger partial charge on any atom is -0.494 e. The van der Waals surface area contributed by atoms with Crippen molar-refractivity contribution >= 4 is 15.7 Å². The molecule has 0 heterocycles. The van der Waals surface area contributed by atoms with E-state index < -0.39 is 21.8 Å². The van der Waals surface area contributed by atoms with Gasteiger partial charge in [-0.15, -0.1) is 0 Å². The molecule has 0 fully saturated rings. The molecule has 0 saturated heterocycles. The monoisotopic (exact) mass is 373 g/mol. The van der Waals surface area contributed by atoms with E-state index in [1.165, 1.54) is 36.4 Å². The molecule has 0 unspecified atom stereocenters. The normalized spacial score (nSPS) is 12.0. The molecular formula is C17H18F3NO3S. The predicted octanol–water partition coefficient (Wildman–Crippen LogP) is 4.32. The first-order valence-corrected chi connectivity index (χ1v) is 9.07. The summed E-state index contributed by atoms with van der Waals surface area (Å²) >= 11 is 0. The van der Waals surface area contributed by atoms with Crippen molar-refractivity contribution in [3.63, 3.8) is 0 Å². The third-order valence-corrected chi connectivity index (χ3v) is 5.39. The van der Waals surface area contributed by atoms with Crippen LogP contribution in [0.4, 0.5) is 18.9 Å². The summed E-state index contributed by atoms with van der Waals surface area (Å²) < 4.78 is 70.5. The molecule has 0 saturated carbocycles. The molecule has 0 aromatic heterocycles. The van der Waals surface area contributed by atoms with Crippen molar-refractivity contribution in [2.75, 3.05) is 17.5 Å². The van der Waals surface area contributed by atoms with Crippen LogP contribution < -0.4 is 9.04 Å². The first-order valence-electron chi connectivity index (χ1n) is 7.63. The highest BCUT2D eigenvalue weighted by Gasteiger charge is 2.32. The average molecular weight is 373 g/mol. The molecule has 0 aliphatic carbocycles. The lowest BCUT2D eigenvalue weighted by molar-refractivity contribution is -0.137. The van der Waals surface area contributed by atoms with Gasteiger partial charge in [-0.1, -0.05) is 6.07 Å². The highest BCUT2D eigenvalue weighted by Crippen LogP contribution is 2.33. The van der Waals surface area contributed by atoms with Crippen LogP contribution in [0, 0.1) is 0 Å². The molecule has 0 amide bonds. The van der Waals surface area contributed by atoms with Crippen molar-refractivity contribution in [2.45, 2.75) is 24.9 Å². The van der Waals surface area contributed by atoms with Crippen LogP contribution in [0.25, 0.3) is 0 Å². The Morgan fingerprint density at radius 1 is 1.04 bits per heavy atom. The lowest BCUT2D eigenvalue weighted by Crippen LogP contribution is -2.31. The number of ether oxygens (including phenoxy) is 1. The van der Waals surface area contributed by atoms with Gasteiger partial charge in [0.2, 0.25) is 0 Å². The molecule has 0 spiro atoms. The van der Waals surface area contributed by atoms with Crippen LogP contribution in [0.3, 0.4) is 0 Å². The lowest BCUT2D eigenvalue weighted by Gasteiger charge is -2.24. The molecule has 25 heavy (non-hydrogen) atoms. The van der Waals surface area contributed by atoms with Crippen LogP contribution >= 0.6 is 0 Å². The Balaban J connectivity index is 2.42. The second-order valence-corrected chi connectivity index (χ2v) is 6.98. The minimum absolute atomic E-state index is 0.00312. The largest absolute Gasteiger partial charge is 0.494 e. The van der Waals surface area contributed by atoms with Gasteiger partial charge in [-0.2, -0.15) is 13.2 Å². The van der Waals surface area contributed by atoms with E-state index in [9.17, 15) is 21.6 Å². The molecular weight excluding hydrogens is 355 g/mol. The summed E-state index contributed by atoms with van der Waals surface area (Å²) in [5.41, 5.74) is -0.934. The first kappa shape index (κ1) is 19.1. The summed E-state index contributed by atoms with van der Waals surface area (Å²) in [5.74, 6) is 0.517. The number of halogens is 3. The maximum Gasteiger partial charge on any atom is 0.416 e. The summed E-state index contributed by atoms with van der Waals surface area (Å²) in [6.45, 7) is 3.80. The van der Waals surface area contributed by atoms with Gasteiger partial charge in [0.15, 0.2) is 0 Å². The molecule has 136 valence electrons. The minimum atomic E-state index is -4.54. The van der Waals surface area contributed by atoms with Crippen LogP contribution in [0.1, 0.15) is 19.4 Å². The Morgan fingerprint density at radius 3 is 2.20 bits per heavy atom. The highest BCUT2D eigenvalue weighted by atomic mass is 32.2. The zero-order chi connectivity index (χ0) is 18.7. The van der Waals surface area contributed by atoms with E-state index in [2.05, 4.69) is 0 Å². The first-order chi connectivity index (χ1) is 11.7. The average Bonchev–Trinajstić information content (AvgIpc) is 2.55. The number of rotatable bonds is 6. The number of alkyl halides is 3. The van der Waals surface area contributed by atoms with Crippen molar-refractivity contribution in [1.82, 2.24) is 0 Å². The summed E-state index contributed by atoms with van der Waals surface area (Å²) in [6, 6.07) is 10.0. The molecule has 0 atom stereocenters. The second-order valence-electron chi connectivity index (χ2n) is 5.12. The number of nitrogens with zero attached hydrogens (tertiary/aromatic N) is 1. The molecule has 2 rings (SSSR count). The van der Waals surface area contributed by atoms with Gasteiger partial charge in [0.05, 0.1) is 22.8 Å². The maximum absolute atomic E-state index is 12.9.